The fraction of sp³-hybridized carbons (Fsp3) is 0.542. The number of rotatable bonds is 6. The maximum Gasteiger partial charge on any atom is 0.259 e. The second-order valence-corrected chi connectivity index (χ2v) is 9.61. The first-order valence-corrected chi connectivity index (χ1v) is 12.1. The summed E-state index contributed by atoms with van der Waals surface area (Å²) >= 11 is 3.49. The van der Waals surface area contributed by atoms with Gasteiger partial charge in [0.05, 0.1) is 0 Å². The zero-order chi connectivity index (χ0) is 20.9. The number of amides is 1. The van der Waals surface area contributed by atoms with Crippen LogP contribution in [0.4, 0.5) is 11.8 Å². The molecule has 0 aliphatic heterocycles. The van der Waals surface area contributed by atoms with E-state index in [4.69, 9.17) is 4.98 Å². The number of hydrogen-bond donors (Lipinski definition) is 1. The second kappa shape index (κ2) is 9.90. The van der Waals surface area contributed by atoms with Crippen molar-refractivity contribution in [3.63, 3.8) is 0 Å². The molecule has 2 aliphatic carbocycles. The predicted molar refractivity (Wildman–Crippen MR) is 125 cm³/mol. The molecule has 160 valence electrons. The highest BCUT2D eigenvalue weighted by Gasteiger charge is 2.30. The van der Waals surface area contributed by atoms with E-state index < -0.39 is 0 Å². The van der Waals surface area contributed by atoms with Crippen LogP contribution >= 0.6 is 15.9 Å². The van der Waals surface area contributed by atoms with Crippen LogP contribution in [0.5, 0.6) is 0 Å². The average molecular weight is 471 g/mol. The van der Waals surface area contributed by atoms with E-state index in [1.807, 2.05) is 35.2 Å². The van der Waals surface area contributed by atoms with Crippen LogP contribution in [-0.2, 0) is 0 Å². The number of nitrogens with one attached hydrogen (secondary N) is 1. The fourth-order valence-corrected chi connectivity index (χ4v) is 5.29. The molecule has 1 aromatic carbocycles. The summed E-state index contributed by atoms with van der Waals surface area (Å²) in [7, 11) is 0. The molecule has 0 spiro atoms. The van der Waals surface area contributed by atoms with Gasteiger partial charge in [-0.05, 0) is 62.8 Å². The first kappa shape index (κ1) is 21.3. The molecular formula is C24H31BrN4O. The van der Waals surface area contributed by atoms with Crippen molar-refractivity contribution in [1.82, 2.24) is 9.97 Å². The topological polar surface area (TPSA) is 58.1 Å². The summed E-state index contributed by atoms with van der Waals surface area (Å²) in [4.78, 5) is 24.6. The molecule has 2 saturated carbocycles. The molecular weight excluding hydrogens is 440 g/mol. The molecule has 1 N–H and O–H groups in total. The molecule has 6 heteroatoms. The van der Waals surface area contributed by atoms with E-state index in [-0.39, 0.29) is 11.9 Å². The van der Waals surface area contributed by atoms with Gasteiger partial charge in [0.15, 0.2) is 0 Å². The number of nitrogens with zero attached hydrogens (tertiary/aromatic N) is 3. The Balaban J connectivity index is 1.57. The van der Waals surface area contributed by atoms with Crippen LogP contribution in [-0.4, -0.2) is 28.0 Å². The maximum absolute atomic E-state index is 13.5. The quantitative estimate of drug-likeness (QED) is 0.544. The lowest BCUT2D eigenvalue weighted by Gasteiger charge is -2.30. The van der Waals surface area contributed by atoms with Crippen LogP contribution in [0.1, 0.15) is 75.1 Å². The van der Waals surface area contributed by atoms with E-state index in [2.05, 4.69) is 33.2 Å². The molecule has 5 nitrogen and oxygen atoms in total. The van der Waals surface area contributed by atoms with Gasteiger partial charge in [-0.15, -0.1) is 0 Å². The standard InChI is InChI=1S/C24H31BrN4O/c1-17(18-8-3-2-4-9-18)27-24-26-15-14-22(28-24)29(21-12-5-6-13-21)23(30)19-10-7-11-20(25)16-19/h7,10-11,14-18,21H,2-6,8-9,12-13H2,1H3,(H,26,27,28)/t17-/m0/s1. The lowest BCUT2D eigenvalue weighted by atomic mass is 9.85. The van der Waals surface area contributed by atoms with E-state index in [0.717, 1.165) is 30.2 Å². The van der Waals surface area contributed by atoms with Gasteiger partial charge in [-0.1, -0.05) is 54.1 Å². The Morgan fingerprint density at radius 1 is 1.10 bits per heavy atom. The third-order valence-corrected chi connectivity index (χ3v) is 7.07. The predicted octanol–water partition coefficient (Wildman–Crippen LogP) is 6.21. The number of carbonyl (C=O) groups excluding carboxylic acids is 1. The molecule has 1 aromatic heterocycles. The Labute approximate surface area is 187 Å². The number of halogens is 1. The normalized spacial score (nSPS) is 18.9. The molecule has 2 aromatic rings. The molecule has 4 rings (SSSR count). The largest absolute Gasteiger partial charge is 0.351 e. The number of benzene rings is 1. The first-order valence-electron chi connectivity index (χ1n) is 11.3. The maximum atomic E-state index is 13.5. The summed E-state index contributed by atoms with van der Waals surface area (Å²) < 4.78 is 0.908. The summed E-state index contributed by atoms with van der Waals surface area (Å²) in [6.07, 6.45) is 12.6. The van der Waals surface area contributed by atoms with Gasteiger partial charge in [-0.2, -0.15) is 4.98 Å². The van der Waals surface area contributed by atoms with Gasteiger partial charge in [0.25, 0.3) is 5.91 Å². The Kier molecular flexibility index (Phi) is 7.03. The van der Waals surface area contributed by atoms with Gasteiger partial charge in [0.2, 0.25) is 5.95 Å². The van der Waals surface area contributed by atoms with Crippen LogP contribution in [0.2, 0.25) is 0 Å². The van der Waals surface area contributed by atoms with Gasteiger partial charge in [0, 0.05) is 28.3 Å². The molecule has 0 radical (unpaired) electrons. The van der Waals surface area contributed by atoms with Crippen molar-refractivity contribution in [2.24, 2.45) is 5.92 Å². The number of anilines is 2. The van der Waals surface area contributed by atoms with Crippen molar-refractivity contribution in [2.75, 3.05) is 10.2 Å². The van der Waals surface area contributed by atoms with E-state index in [0.29, 0.717) is 29.3 Å². The van der Waals surface area contributed by atoms with Crippen LogP contribution in [0, 0.1) is 5.92 Å². The van der Waals surface area contributed by atoms with Gasteiger partial charge in [0.1, 0.15) is 5.82 Å². The number of aromatic nitrogens is 2. The summed E-state index contributed by atoms with van der Waals surface area (Å²) in [6.45, 7) is 2.23. The van der Waals surface area contributed by atoms with Crippen molar-refractivity contribution in [3.8, 4) is 0 Å². The fourth-order valence-electron chi connectivity index (χ4n) is 4.89. The minimum Gasteiger partial charge on any atom is -0.351 e. The van der Waals surface area contributed by atoms with Gasteiger partial charge in [-0.3, -0.25) is 9.69 Å². The highest BCUT2D eigenvalue weighted by atomic mass is 79.9. The third-order valence-electron chi connectivity index (χ3n) is 6.58. The Hall–Kier alpha value is -1.95. The van der Waals surface area contributed by atoms with Crippen molar-refractivity contribution in [3.05, 3.63) is 46.6 Å². The SMILES string of the molecule is C[C@H](Nc1nccc(N(C(=O)c2cccc(Br)c2)C2CCCC2)n1)C1CCCCC1. The van der Waals surface area contributed by atoms with Crippen molar-refractivity contribution in [1.29, 1.82) is 0 Å². The van der Waals surface area contributed by atoms with Gasteiger partial charge < -0.3 is 5.32 Å². The van der Waals surface area contributed by atoms with Crippen molar-refractivity contribution >= 4 is 33.6 Å². The zero-order valence-corrected chi connectivity index (χ0v) is 19.3. The molecule has 2 fully saturated rings. The lowest BCUT2D eigenvalue weighted by Crippen LogP contribution is -2.40. The van der Waals surface area contributed by atoms with Gasteiger partial charge >= 0.3 is 0 Å². The number of carbonyl (C=O) groups is 1. The van der Waals surface area contributed by atoms with Crippen LogP contribution in [0.15, 0.2) is 41.0 Å². The Morgan fingerprint density at radius 3 is 2.57 bits per heavy atom. The summed E-state index contributed by atoms with van der Waals surface area (Å²) in [5.74, 6) is 1.99. The molecule has 1 heterocycles. The minimum absolute atomic E-state index is 0.00757. The molecule has 0 unspecified atom stereocenters. The lowest BCUT2D eigenvalue weighted by molar-refractivity contribution is 0.0976. The number of hydrogen-bond acceptors (Lipinski definition) is 4. The molecule has 1 atom stereocenters. The summed E-state index contributed by atoms with van der Waals surface area (Å²) in [6, 6.07) is 10.00. The first-order chi connectivity index (χ1) is 14.6. The van der Waals surface area contributed by atoms with E-state index in [1.54, 1.807) is 6.20 Å². The minimum atomic E-state index is 0.00757. The molecule has 0 bridgehead atoms. The Bertz CT molecular complexity index is 862. The molecule has 0 saturated heterocycles. The van der Waals surface area contributed by atoms with E-state index in [9.17, 15) is 4.79 Å². The second-order valence-electron chi connectivity index (χ2n) is 8.69. The Morgan fingerprint density at radius 2 is 1.83 bits per heavy atom. The van der Waals surface area contributed by atoms with E-state index in [1.165, 1.54) is 32.1 Å². The highest BCUT2D eigenvalue weighted by Crippen LogP contribution is 2.31. The van der Waals surface area contributed by atoms with Crippen molar-refractivity contribution in [2.45, 2.75) is 76.8 Å². The third kappa shape index (κ3) is 5.02. The van der Waals surface area contributed by atoms with E-state index >= 15 is 0 Å². The van der Waals surface area contributed by atoms with Crippen molar-refractivity contribution < 1.29 is 4.79 Å². The zero-order valence-electron chi connectivity index (χ0n) is 17.7. The summed E-state index contributed by atoms with van der Waals surface area (Å²) in [5.41, 5.74) is 0.681. The summed E-state index contributed by atoms with van der Waals surface area (Å²) in [5, 5.41) is 3.52. The smallest absolute Gasteiger partial charge is 0.259 e. The average Bonchev–Trinajstić information content (AvgIpc) is 3.29. The monoisotopic (exact) mass is 470 g/mol. The van der Waals surface area contributed by atoms with Crippen LogP contribution in [0.3, 0.4) is 0 Å². The van der Waals surface area contributed by atoms with Gasteiger partial charge in [-0.25, -0.2) is 4.98 Å². The highest BCUT2D eigenvalue weighted by molar-refractivity contribution is 9.10. The molecule has 1 amide bonds. The molecule has 2 aliphatic rings. The van der Waals surface area contributed by atoms with Crippen LogP contribution < -0.4 is 10.2 Å². The molecule has 30 heavy (non-hydrogen) atoms. The van der Waals surface area contributed by atoms with Crippen LogP contribution in [0.25, 0.3) is 0 Å².